The van der Waals surface area contributed by atoms with Crippen LogP contribution in [0.15, 0.2) is 29.8 Å². The molecule has 1 amide bonds. The van der Waals surface area contributed by atoms with E-state index in [4.69, 9.17) is 0 Å². The maximum Gasteiger partial charge on any atom is 0.252 e. The van der Waals surface area contributed by atoms with Crippen molar-refractivity contribution in [1.29, 1.82) is 0 Å². The van der Waals surface area contributed by atoms with Gasteiger partial charge in [0.15, 0.2) is 5.82 Å². The molecule has 3 heterocycles. The molecule has 6 nitrogen and oxygen atoms in total. The van der Waals surface area contributed by atoms with Gasteiger partial charge in [0.25, 0.3) is 5.91 Å². The average Bonchev–Trinajstić information content (AvgIpc) is 3.27. The summed E-state index contributed by atoms with van der Waals surface area (Å²) in [7, 11) is 0. The molecule has 0 aliphatic heterocycles. The highest BCUT2D eigenvalue weighted by Crippen LogP contribution is 2.30. The molecule has 2 N–H and O–H groups in total. The number of aromatic amines is 1. The third-order valence-electron chi connectivity index (χ3n) is 4.15. The smallest absolute Gasteiger partial charge is 0.252 e. The molecule has 24 heavy (non-hydrogen) atoms. The van der Waals surface area contributed by atoms with E-state index in [-0.39, 0.29) is 5.91 Å². The molecule has 4 rings (SSSR count). The van der Waals surface area contributed by atoms with Crippen molar-refractivity contribution in [2.24, 2.45) is 0 Å². The zero-order valence-electron chi connectivity index (χ0n) is 13.1. The number of nitrogens with zero attached hydrogens (tertiary/aromatic N) is 3. The van der Waals surface area contributed by atoms with Gasteiger partial charge in [0.1, 0.15) is 11.5 Å². The number of carbonyl (C=O) groups excluding carboxylic acids is 1. The van der Waals surface area contributed by atoms with Crippen LogP contribution < -0.4 is 5.32 Å². The van der Waals surface area contributed by atoms with Crippen molar-refractivity contribution >= 4 is 17.2 Å². The zero-order chi connectivity index (χ0) is 16.4. The summed E-state index contributed by atoms with van der Waals surface area (Å²) in [5.41, 5.74) is 2.76. The van der Waals surface area contributed by atoms with Crippen LogP contribution >= 0.6 is 11.3 Å². The second-order valence-corrected chi connectivity index (χ2v) is 6.73. The fourth-order valence-electron chi connectivity index (χ4n) is 2.93. The molecule has 0 fully saturated rings. The van der Waals surface area contributed by atoms with Crippen LogP contribution in [0.2, 0.25) is 0 Å². The van der Waals surface area contributed by atoms with Crippen LogP contribution in [0.25, 0.3) is 11.5 Å². The van der Waals surface area contributed by atoms with Gasteiger partial charge in [-0.2, -0.15) is 5.10 Å². The molecule has 7 heteroatoms. The van der Waals surface area contributed by atoms with Crippen molar-refractivity contribution < 1.29 is 4.79 Å². The third-order valence-corrected chi connectivity index (χ3v) is 5.24. The lowest BCUT2D eigenvalue weighted by atomic mass is 9.96. The van der Waals surface area contributed by atoms with E-state index in [9.17, 15) is 4.79 Å². The van der Waals surface area contributed by atoms with Gasteiger partial charge in [-0.15, -0.1) is 11.3 Å². The summed E-state index contributed by atoms with van der Waals surface area (Å²) in [6, 6.07) is 5.59. The largest absolute Gasteiger partial charge is 0.345 e. The van der Waals surface area contributed by atoms with Gasteiger partial charge in [0.05, 0.1) is 12.1 Å². The minimum Gasteiger partial charge on any atom is -0.345 e. The summed E-state index contributed by atoms with van der Waals surface area (Å²) in [6.07, 6.45) is 6.20. The van der Waals surface area contributed by atoms with Gasteiger partial charge >= 0.3 is 0 Å². The number of pyridine rings is 1. The van der Waals surface area contributed by atoms with Crippen molar-refractivity contribution in [3.05, 3.63) is 51.6 Å². The maximum atomic E-state index is 12.4. The van der Waals surface area contributed by atoms with E-state index in [1.54, 1.807) is 17.5 Å². The number of rotatable bonds is 4. The summed E-state index contributed by atoms with van der Waals surface area (Å²) in [6.45, 7) is 0.323. The fraction of sp³-hybridized carbons (Fsp3) is 0.294. The molecule has 1 aliphatic rings. The van der Waals surface area contributed by atoms with Crippen LogP contribution in [0.3, 0.4) is 0 Å². The minimum absolute atomic E-state index is 0.0369. The number of amides is 1. The topological polar surface area (TPSA) is 83.6 Å². The number of hydrogen-bond acceptors (Lipinski definition) is 5. The predicted octanol–water partition coefficient (Wildman–Crippen LogP) is 2.74. The van der Waals surface area contributed by atoms with Gasteiger partial charge in [-0.05, 0) is 43.4 Å². The molecular weight excluding hydrogens is 322 g/mol. The van der Waals surface area contributed by atoms with Gasteiger partial charge in [-0.1, -0.05) is 6.07 Å². The number of carbonyl (C=O) groups is 1. The first-order chi connectivity index (χ1) is 11.8. The Bertz CT molecular complexity index is 855. The highest BCUT2D eigenvalue weighted by atomic mass is 32.1. The first-order valence-electron chi connectivity index (χ1n) is 8.01. The molecule has 0 saturated carbocycles. The molecule has 3 aromatic rings. The summed E-state index contributed by atoms with van der Waals surface area (Å²) in [5, 5.41) is 11.9. The summed E-state index contributed by atoms with van der Waals surface area (Å²) < 4.78 is 0. The van der Waals surface area contributed by atoms with E-state index >= 15 is 0 Å². The van der Waals surface area contributed by atoms with E-state index in [1.165, 1.54) is 23.3 Å². The molecule has 0 bridgehead atoms. The Balaban J connectivity index is 1.43. The molecule has 1 aliphatic carbocycles. The number of H-pyrrole nitrogens is 1. The number of hydrogen-bond donors (Lipinski definition) is 2. The highest BCUT2D eigenvalue weighted by Gasteiger charge is 2.20. The van der Waals surface area contributed by atoms with Crippen molar-refractivity contribution in [2.45, 2.75) is 32.2 Å². The third kappa shape index (κ3) is 2.94. The summed E-state index contributed by atoms with van der Waals surface area (Å²) >= 11 is 1.70. The number of aromatic nitrogens is 4. The second kappa shape index (κ2) is 6.52. The van der Waals surface area contributed by atoms with Crippen molar-refractivity contribution in [3.63, 3.8) is 0 Å². The number of thiophene rings is 1. The van der Waals surface area contributed by atoms with E-state index < -0.39 is 0 Å². The van der Waals surface area contributed by atoms with Crippen molar-refractivity contribution in [1.82, 2.24) is 25.5 Å². The van der Waals surface area contributed by atoms with Gasteiger partial charge in [0, 0.05) is 16.5 Å². The van der Waals surface area contributed by atoms with E-state index in [0.717, 1.165) is 18.4 Å². The summed E-state index contributed by atoms with van der Waals surface area (Å²) in [5.74, 6) is 1.12. The fourth-order valence-corrected chi connectivity index (χ4v) is 4.05. The van der Waals surface area contributed by atoms with Crippen LogP contribution in [0.4, 0.5) is 0 Å². The predicted molar refractivity (Wildman–Crippen MR) is 91.7 cm³/mol. The van der Waals surface area contributed by atoms with Crippen molar-refractivity contribution in [2.75, 3.05) is 0 Å². The highest BCUT2D eigenvalue weighted by molar-refractivity contribution is 7.10. The van der Waals surface area contributed by atoms with Crippen LogP contribution in [0.5, 0.6) is 0 Å². The average molecular weight is 339 g/mol. The van der Waals surface area contributed by atoms with Gasteiger partial charge in [0.2, 0.25) is 0 Å². The molecule has 3 aromatic heterocycles. The lowest BCUT2D eigenvalue weighted by Crippen LogP contribution is -2.24. The van der Waals surface area contributed by atoms with E-state index in [1.807, 2.05) is 23.6 Å². The molecule has 122 valence electrons. The standard InChI is InChI=1S/C17H17N5OS/c23-17(12-10-24-14-7-2-1-5-11(12)14)19-9-15-20-16(22-21-15)13-6-3-4-8-18-13/h3-4,6,8,10H,1-2,5,7,9H2,(H,19,23)(H,20,21,22). The first-order valence-corrected chi connectivity index (χ1v) is 8.89. The van der Waals surface area contributed by atoms with Gasteiger partial charge < -0.3 is 5.32 Å². The maximum absolute atomic E-state index is 12.4. The molecule has 0 atom stereocenters. The molecular formula is C17H17N5OS. The zero-order valence-corrected chi connectivity index (χ0v) is 13.9. The Morgan fingerprint density at radius 2 is 2.21 bits per heavy atom. The van der Waals surface area contributed by atoms with Crippen LogP contribution in [-0.2, 0) is 19.4 Å². The van der Waals surface area contributed by atoms with Crippen molar-refractivity contribution in [3.8, 4) is 11.5 Å². The molecule has 0 aromatic carbocycles. The monoisotopic (exact) mass is 339 g/mol. The van der Waals surface area contributed by atoms with E-state index in [2.05, 4.69) is 25.5 Å². The normalized spacial score (nSPS) is 13.5. The number of fused-ring (bicyclic) bond motifs is 1. The lowest BCUT2D eigenvalue weighted by Gasteiger charge is -2.12. The Kier molecular flexibility index (Phi) is 4.08. The Morgan fingerprint density at radius 3 is 3.08 bits per heavy atom. The quantitative estimate of drug-likeness (QED) is 0.765. The SMILES string of the molecule is O=C(NCc1nc(-c2ccccn2)n[nH]1)c1csc2c1CCCC2. The van der Waals surface area contributed by atoms with E-state index in [0.29, 0.717) is 23.9 Å². The molecule has 0 spiro atoms. The number of aryl methyl sites for hydroxylation is 1. The second-order valence-electron chi connectivity index (χ2n) is 5.76. The van der Waals surface area contributed by atoms with Gasteiger partial charge in [-0.25, -0.2) is 4.98 Å². The molecule has 0 saturated heterocycles. The first kappa shape index (κ1) is 15.0. The Hall–Kier alpha value is -2.54. The van der Waals surface area contributed by atoms with Crippen LogP contribution in [0, 0.1) is 0 Å². The Morgan fingerprint density at radius 1 is 1.29 bits per heavy atom. The molecule has 0 radical (unpaired) electrons. The number of nitrogens with one attached hydrogen (secondary N) is 2. The minimum atomic E-state index is -0.0369. The molecule has 0 unspecified atom stereocenters. The Labute approximate surface area is 143 Å². The van der Waals surface area contributed by atoms with Gasteiger partial charge in [-0.3, -0.25) is 14.9 Å². The van der Waals surface area contributed by atoms with Crippen LogP contribution in [0.1, 0.15) is 39.5 Å². The summed E-state index contributed by atoms with van der Waals surface area (Å²) in [4.78, 5) is 22.4. The van der Waals surface area contributed by atoms with Crippen LogP contribution in [-0.4, -0.2) is 26.1 Å². The lowest BCUT2D eigenvalue weighted by molar-refractivity contribution is 0.0949.